The van der Waals surface area contributed by atoms with Crippen molar-refractivity contribution in [2.24, 2.45) is 7.05 Å². The maximum absolute atomic E-state index is 7.59. The van der Waals surface area contributed by atoms with Gasteiger partial charge in [-0.1, -0.05) is 23.7 Å². The Morgan fingerprint density at radius 1 is 1.29 bits per heavy atom. The van der Waals surface area contributed by atoms with Gasteiger partial charge in [0, 0.05) is 17.5 Å². The first-order valence-corrected chi connectivity index (χ1v) is 5.39. The average Bonchev–Trinajstić information content (AvgIpc) is 2.50. The Labute approximate surface area is 90.9 Å². The highest BCUT2D eigenvalue weighted by molar-refractivity contribution is 7.07. The van der Waals surface area contributed by atoms with Gasteiger partial charge in [-0.05, 0) is 17.7 Å². The minimum Gasteiger partial charge on any atom is -0.320 e. The first kappa shape index (κ1) is 9.49. The molecule has 0 unspecified atom stereocenters. The number of hydrogen-bond donors (Lipinski definition) is 1. The molecule has 72 valence electrons. The summed E-state index contributed by atoms with van der Waals surface area (Å²) in [6.07, 6.45) is 0. The van der Waals surface area contributed by atoms with Crippen LogP contribution in [0, 0.1) is 5.41 Å². The van der Waals surface area contributed by atoms with Crippen LogP contribution in [0.4, 0.5) is 0 Å². The van der Waals surface area contributed by atoms with Gasteiger partial charge in [0.1, 0.15) is 0 Å². The molecule has 0 atom stereocenters. The molecule has 0 amide bonds. The molecule has 0 spiro atoms. The second kappa shape index (κ2) is 3.59. The lowest BCUT2D eigenvalue weighted by atomic mass is 10.2. The first-order valence-electron chi connectivity index (χ1n) is 4.13. The van der Waals surface area contributed by atoms with Crippen LogP contribution in [-0.2, 0) is 7.05 Å². The van der Waals surface area contributed by atoms with Crippen molar-refractivity contribution in [2.75, 3.05) is 0 Å². The Hall–Kier alpha value is -1.06. The Kier molecular flexibility index (Phi) is 2.44. The topological polar surface area (TPSA) is 28.8 Å². The molecule has 0 aliphatic rings. The molecule has 0 aliphatic carbocycles. The number of rotatable bonds is 1. The van der Waals surface area contributed by atoms with Crippen molar-refractivity contribution in [3.8, 4) is 11.3 Å². The van der Waals surface area contributed by atoms with E-state index >= 15 is 0 Å². The number of thiazole rings is 1. The number of benzene rings is 1. The Balaban J connectivity index is 2.55. The van der Waals surface area contributed by atoms with Gasteiger partial charge < -0.3 is 4.57 Å². The van der Waals surface area contributed by atoms with Crippen LogP contribution < -0.4 is 4.80 Å². The molecule has 2 aromatic rings. The lowest BCUT2D eigenvalue weighted by Crippen LogP contribution is -2.08. The Morgan fingerprint density at radius 2 is 1.93 bits per heavy atom. The van der Waals surface area contributed by atoms with E-state index in [1.165, 1.54) is 11.3 Å². The predicted octanol–water partition coefficient (Wildman–Crippen LogP) is 2.89. The molecular formula is C10H9ClN2S. The standard InChI is InChI=1S/C10H9ClN2S/c1-13-9(6-14-10(13)12)7-2-4-8(11)5-3-7/h2-6,12H,1H3. The number of nitrogens with zero attached hydrogens (tertiary/aromatic N) is 1. The van der Waals surface area contributed by atoms with Gasteiger partial charge in [0.05, 0.1) is 5.69 Å². The summed E-state index contributed by atoms with van der Waals surface area (Å²) in [7, 11) is 1.89. The summed E-state index contributed by atoms with van der Waals surface area (Å²) < 4.78 is 1.86. The van der Waals surface area contributed by atoms with Gasteiger partial charge in [-0.2, -0.15) is 0 Å². The zero-order valence-electron chi connectivity index (χ0n) is 7.62. The van der Waals surface area contributed by atoms with E-state index in [2.05, 4.69) is 0 Å². The van der Waals surface area contributed by atoms with E-state index in [4.69, 9.17) is 17.0 Å². The predicted molar refractivity (Wildman–Crippen MR) is 59.6 cm³/mol. The van der Waals surface area contributed by atoms with E-state index in [1.807, 2.05) is 41.3 Å². The second-order valence-corrected chi connectivity index (χ2v) is 4.29. The van der Waals surface area contributed by atoms with Crippen molar-refractivity contribution >= 4 is 22.9 Å². The molecule has 0 bridgehead atoms. The van der Waals surface area contributed by atoms with Gasteiger partial charge in [-0.3, -0.25) is 5.41 Å². The molecule has 14 heavy (non-hydrogen) atoms. The van der Waals surface area contributed by atoms with Gasteiger partial charge in [0.15, 0.2) is 4.80 Å². The zero-order valence-corrected chi connectivity index (χ0v) is 9.19. The monoisotopic (exact) mass is 224 g/mol. The normalized spacial score (nSPS) is 10.4. The number of aromatic nitrogens is 1. The molecular weight excluding hydrogens is 216 g/mol. The summed E-state index contributed by atoms with van der Waals surface area (Å²) >= 11 is 7.23. The summed E-state index contributed by atoms with van der Waals surface area (Å²) in [6.45, 7) is 0. The van der Waals surface area contributed by atoms with Crippen molar-refractivity contribution in [3.05, 3.63) is 39.5 Å². The van der Waals surface area contributed by atoms with Gasteiger partial charge in [-0.15, -0.1) is 11.3 Å². The smallest absolute Gasteiger partial charge is 0.182 e. The Morgan fingerprint density at radius 3 is 2.43 bits per heavy atom. The maximum atomic E-state index is 7.59. The highest BCUT2D eigenvalue weighted by atomic mass is 35.5. The van der Waals surface area contributed by atoms with Gasteiger partial charge in [-0.25, -0.2) is 0 Å². The summed E-state index contributed by atoms with van der Waals surface area (Å²) in [4.78, 5) is 0.551. The first-order chi connectivity index (χ1) is 6.68. The third-order valence-corrected chi connectivity index (χ3v) is 3.18. The van der Waals surface area contributed by atoms with E-state index in [0.29, 0.717) is 4.80 Å². The summed E-state index contributed by atoms with van der Waals surface area (Å²) in [5, 5.41) is 10.3. The van der Waals surface area contributed by atoms with E-state index in [1.54, 1.807) is 0 Å². The van der Waals surface area contributed by atoms with Crippen molar-refractivity contribution in [1.82, 2.24) is 4.57 Å². The van der Waals surface area contributed by atoms with Crippen LogP contribution in [0.15, 0.2) is 29.6 Å². The molecule has 0 aliphatic heterocycles. The van der Waals surface area contributed by atoms with Gasteiger partial charge in [0.2, 0.25) is 0 Å². The molecule has 2 rings (SSSR count). The van der Waals surface area contributed by atoms with Gasteiger partial charge in [0.25, 0.3) is 0 Å². The molecule has 1 aromatic heterocycles. The summed E-state index contributed by atoms with van der Waals surface area (Å²) in [6, 6.07) is 7.64. The van der Waals surface area contributed by atoms with Crippen molar-refractivity contribution in [3.63, 3.8) is 0 Å². The third kappa shape index (κ3) is 1.61. The van der Waals surface area contributed by atoms with Crippen LogP contribution in [0.25, 0.3) is 11.3 Å². The van der Waals surface area contributed by atoms with Crippen LogP contribution >= 0.6 is 22.9 Å². The van der Waals surface area contributed by atoms with Crippen LogP contribution in [0.2, 0.25) is 5.02 Å². The molecule has 1 aromatic carbocycles. The minimum absolute atomic E-state index is 0.551. The molecule has 2 nitrogen and oxygen atoms in total. The largest absolute Gasteiger partial charge is 0.320 e. The lowest BCUT2D eigenvalue weighted by molar-refractivity contribution is 0.866. The molecule has 0 fully saturated rings. The van der Waals surface area contributed by atoms with E-state index in [9.17, 15) is 0 Å². The minimum atomic E-state index is 0.551. The maximum Gasteiger partial charge on any atom is 0.182 e. The number of hydrogen-bond acceptors (Lipinski definition) is 2. The molecule has 4 heteroatoms. The molecule has 1 N–H and O–H groups in total. The highest BCUT2D eigenvalue weighted by Gasteiger charge is 2.02. The zero-order chi connectivity index (χ0) is 10.1. The Bertz CT molecular complexity index is 496. The van der Waals surface area contributed by atoms with Gasteiger partial charge >= 0.3 is 0 Å². The lowest BCUT2D eigenvalue weighted by Gasteiger charge is -2.01. The van der Waals surface area contributed by atoms with Crippen LogP contribution in [0.1, 0.15) is 0 Å². The molecule has 0 saturated heterocycles. The fourth-order valence-corrected chi connectivity index (χ4v) is 2.16. The third-order valence-electron chi connectivity index (χ3n) is 2.09. The van der Waals surface area contributed by atoms with E-state index in [-0.39, 0.29) is 0 Å². The fraction of sp³-hybridized carbons (Fsp3) is 0.100. The average molecular weight is 225 g/mol. The molecule has 0 saturated carbocycles. The van der Waals surface area contributed by atoms with E-state index < -0.39 is 0 Å². The van der Waals surface area contributed by atoms with Crippen LogP contribution in [-0.4, -0.2) is 4.57 Å². The van der Waals surface area contributed by atoms with Crippen LogP contribution in [0.3, 0.4) is 0 Å². The SMILES string of the molecule is Cn1c(-c2ccc(Cl)cc2)csc1=N. The van der Waals surface area contributed by atoms with Crippen molar-refractivity contribution in [2.45, 2.75) is 0 Å². The van der Waals surface area contributed by atoms with E-state index in [0.717, 1.165) is 16.3 Å². The van der Waals surface area contributed by atoms with Crippen LogP contribution in [0.5, 0.6) is 0 Å². The number of nitrogens with one attached hydrogen (secondary N) is 1. The van der Waals surface area contributed by atoms with Crippen molar-refractivity contribution in [1.29, 1.82) is 5.41 Å². The van der Waals surface area contributed by atoms with Crippen molar-refractivity contribution < 1.29 is 0 Å². The molecule has 1 heterocycles. The summed E-state index contributed by atoms with van der Waals surface area (Å²) in [5.74, 6) is 0. The quantitative estimate of drug-likeness (QED) is 0.772. The highest BCUT2D eigenvalue weighted by Crippen LogP contribution is 2.20. The summed E-state index contributed by atoms with van der Waals surface area (Å²) in [5.41, 5.74) is 2.14. The molecule has 0 radical (unpaired) electrons. The fourth-order valence-electron chi connectivity index (χ4n) is 1.26. The second-order valence-electron chi connectivity index (χ2n) is 2.99. The number of halogens is 1.